The number of hydrogen-bond donors (Lipinski definition) is 1. The molecule has 1 aliphatic heterocycles. The van der Waals surface area contributed by atoms with Crippen LogP contribution in [0.1, 0.15) is 72.7 Å². The molecule has 1 atom stereocenters. The molecule has 0 radical (unpaired) electrons. The second-order valence-corrected chi connectivity index (χ2v) is 17.6. The molecule has 1 unspecified atom stereocenters. The molecule has 4 aromatic carbocycles. The van der Waals surface area contributed by atoms with Crippen LogP contribution in [0, 0.1) is 13.8 Å². The summed E-state index contributed by atoms with van der Waals surface area (Å²) in [5.41, 5.74) is 6.89. The highest BCUT2D eigenvalue weighted by atomic mass is 28.4. The number of ether oxygens (including phenoxy) is 2. The van der Waals surface area contributed by atoms with Crippen molar-refractivity contribution in [2.45, 2.75) is 71.6 Å². The second kappa shape index (κ2) is 10.8. The van der Waals surface area contributed by atoms with E-state index in [4.69, 9.17) is 13.9 Å². The van der Waals surface area contributed by atoms with Crippen LogP contribution < -0.4 is 13.9 Å². The molecule has 4 aromatic rings. The zero-order chi connectivity index (χ0) is 30.4. The van der Waals surface area contributed by atoms with Crippen LogP contribution in [0.15, 0.2) is 91.5 Å². The van der Waals surface area contributed by atoms with Crippen molar-refractivity contribution >= 4 is 13.9 Å². The number of allylic oxidation sites excluding steroid dienone is 1. The van der Waals surface area contributed by atoms with Crippen LogP contribution in [0.4, 0.5) is 0 Å². The van der Waals surface area contributed by atoms with Crippen molar-refractivity contribution < 1.29 is 19.0 Å². The average Bonchev–Trinajstić information content (AvgIpc) is 3.35. The Kier molecular flexibility index (Phi) is 7.63. The van der Waals surface area contributed by atoms with E-state index in [0.717, 1.165) is 44.7 Å². The molecule has 1 aliphatic rings. The van der Waals surface area contributed by atoms with Gasteiger partial charge in [-0.05, 0) is 84.9 Å². The fraction of sp³-hybridized carbons (Fsp3) is 0.297. The largest absolute Gasteiger partial charge is 0.543 e. The van der Waals surface area contributed by atoms with Gasteiger partial charge in [-0.2, -0.15) is 0 Å². The molecule has 0 fully saturated rings. The van der Waals surface area contributed by atoms with Crippen molar-refractivity contribution in [2.24, 2.45) is 0 Å². The maximum absolute atomic E-state index is 12.0. The summed E-state index contributed by atoms with van der Waals surface area (Å²) in [6.45, 7) is 21.4. The first-order chi connectivity index (χ1) is 19.7. The van der Waals surface area contributed by atoms with Gasteiger partial charge in [0.2, 0.25) is 8.32 Å². The summed E-state index contributed by atoms with van der Waals surface area (Å²) >= 11 is 0. The minimum atomic E-state index is -2.08. The summed E-state index contributed by atoms with van der Waals surface area (Å²) in [5.74, 6) is 0.853. The lowest BCUT2D eigenvalue weighted by atomic mass is 9.91. The van der Waals surface area contributed by atoms with E-state index in [1.54, 1.807) is 0 Å². The van der Waals surface area contributed by atoms with E-state index in [1.165, 1.54) is 0 Å². The highest BCUT2D eigenvalue weighted by Gasteiger charge is 2.47. The average molecular weight is 579 g/mol. The van der Waals surface area contributed by atoms with Gasteiger partial charge in [0.25, 0.3) is 0 Å². The van der Waals surface area contributed by atoms with Gasteiger partial charge in [-0.3, -0.25) is 0 Å². The molecule has 0 saturated heterocycles. The lowest BCUT2D eigenvalue weighted by Gasteiger charge is -2.37. The predicted octanol–water partition coefficient (Wildman–Crippen LogP) is 9.47. The Labute approximate surface area is 251 Å². The molecular weight excluding hydrogens is 536 g/mol. The van der Waals surface area contributed by atoms with Crippen molar-refractivity contribution in [1.82, 2.24) is 0 Å². The first kappa shape index (κ1) is 29.7. The molecule has 0 aliphatic carbocycles. The third-order valence-corrected chi connectivity index (χ3v) is 13.1. The molecule has 0 bridgehead atoms. The highest BCUT2D eigenvalue weighted by Crippen LogP contribution is 2.52. The van der Waals surface area contributed by atoms with Gasteiger partial charge in [-0.15, -0.1) is 0 Å². The van der Waals surface area contributed by atoms with E-state index >= 15 is 0 Å². The van der Waals surface area contributed by atoms with E-state index in [1.807, 2.05) is 106 Å². The van der Waals surface area contributed by atoms with Crippen LogP contribution in [-0.4, -0.2) is 13.4 Å². The maximum Gasteiger partial charge on any atom is 0.305 e. The molecule has 5 heteroatoms. The highest BCUT2D eigenvalue weighted by molar-refractivity contribution is 6.74. The summed E-state index contributed by atoms with van der Waals surface area (Å²) in [4.78, 5) is 0. The van der Waals surface area contributed by atoms with Crippen molar-refractivity contribution in [3.8, 4) is 17.2 Å². The minimum Gasteiger partial charge on any atom is -0.543 e. The molecular formula is C37H42O4Si. The molecule has 5 rings (SSSR count). The smallest absolute Gasteiger partial charge is 0.305 e. The number of aliphatic hydroxyl groups excluding tert-OH is 1. The van der Waals surface area contributed by atoms with Gasteiger partial charge < -0.3 is 19.0 Å². The molecule has 1 heterocycles. The number of rotatable bonds is 7. The molecule has 0 saturated carbocycles. The fourth-order valence-corrected chi connectivity index (χ4v) is 6.36. The predicted molar refractivity (Wildman–Crippen MR) is 174 cm³/mol. The van der Waals surface area contributed by atoms with Gasteiger partial charge in [0.05, 0.1) is 0 Å². The third kappa shape index (κ3) is 5.16. The Morgan fingerprint density at radius 1 is 0.881 bits per heavy atom. The van der Waals surface area contributed by atoms with Crippen LogP contribution in [0.25, 0.3) is 5.57 Å². The first-order valence-corrected chi connectivity index (χ1v) is 17.5. The Morgan fingerprint density at radius 2 is 1.45 bits per heavy atom. The lowest BCUT2D eigenvalue weighted by Crippen LogP contribution is -2.44. The van der Waals surface area contributed by atoms with Crippen molar-refractivity contribution in [3.63, 3.8) is 0 Å². The fourth-order valence-electron chi connectivity index (χ4n) is 5.29. The summed E-state index contributed by atoms with van der Waals surface area (Å²) in [7, 11) is -2.08. The molecule has 1 N–H and O–H groups in total. The van der Waals surface area contributed by atoms with Gasteiger partial charge in [0.15, 0.2) is 11.5 Å². The van der Waals surface area contributed by atoms with Gasteiger partial charge in [-0.1, -0.05) is 94.1 Å². The quantitative estimate of drug-likeness (QED) is 0.222. The van der Waals surface area contributed by atoms with Crippen molar-refractivity contribution in [2.75, 3.05) is 0 Å². The van der Waals surface area contributed by atoms with Gasteiger partial charge in [0, 0.05) is 16.7 Å². The van der Waals surface area contributed by atoms with Crippen molar-refractivity contribution in [3.05, 3.63) is 130 Å². The Bertz CT molecular complexity index is 1580. The SMILES string of the molecule is C=C(C)c1cc(C(O)c2c(C)ccc(O[Si](C)(C)C(C)(C)C)c2C)cc2c1OC(c1ccccc1)(c1ccccc1)O2. The van der Waals surface area contributed by atoms with Crippen LogP contribution in [0.5, 0.6) is 17.2 Å². The van der Waals surface area contributed by atoms with Crippen molar-refractivity contribution in [1.29, 1.82) is 0 Å². The number of hydrogen-bond acceptors (Lipinski definition) is 4. The van der Waals surface area contributed by atoms with Gasteiger partial charge in [0.1, 0.15) is 11.9 Å². The second-order valence-electron chi connectivity index (χ2n) is 12.9. The normalized spacial score (nSPS) is 14.9. The monoisotopic (exact) mass is 578 g/mol. The van der Waals surface area contributed by atoms with E-state index in [9.17, 15) is 5.11 Å². The number of aryl methyl sites for hydroxylation is 1. The number of aliphatic hydroxyl groups is 1. The molecule has 0 spiro atoms. The first-order valence-electron chi connectivity index (χ1n) is 14.6. The van der Waals surface area contributed by atoms with E-state index < -0.39 is 20.2 Å². The van der Waals surface area contributed by atoms with E-state index in [-0.39, 0.29) is 5.04 Å². The summed E-state index contributed by atoms with van der Waals surface area (Å²) in [6, 6.07) is 27.9. The zero-order valence-electron chi connectivity index (χ0n) is 26.0. The van der Waals surface area contributed by atoms with Gasteiger partial charge >= 0.3 is 5.79 Å². The van der Waals surface area contributed by atoms with Crippen LogP contribution in [0.2, 0.25) is 18.1 Å². The standard InChI is InChI=1S/C37H42O4Si/c1-24(2)30-22-27(34(38)33-25(3)20-21-31(26(33)4)41-42(8,9)36(5,6)7)23-32-35(30)40-37(39-32,28-16-12-10-13-17-28)29-18-14-11-15-19-29/h10-23,34,38H,1H2,2-9H3. The maximum atomic E-state index is 12.0. The van der Waals surface area contributed by atoms with E-state index in [2.05, 4.69) is 40.4 Å². The van der Waals surface area contributed by atoms with E-state index in [0.29, 0.717) is 17.1 Å². The molecule has 0 aromatic heterocycles. The molecule has 4 nitrogen and oxygen atoms in total. The Balaban J connectivity index is 1.61. The molecule has 218 valence electrons. The topological polar surface area (TPSA) is 47.9 Å². The Morgan fingerprint density at radius 3 is 1.98 bits per heavy atom. The van der Waals surface area contributed by atoms with Crippen LogP contribution >= 0.6 is 0 Å². The number of benzene rings is 4. The Hall–Kier alpha value is -3.80. The minimum absolute atomic E-state index is 0.0564. The van der Waals surface area contributed by atoms with Gasteiger partial charge in [-0.25, -0.2) is 0 Å². The molecule has 42 heavy (non-hydrogen) atoms. The zero-order valence-corrected chi connectivity index (χ0v) is 27.0. The summed E-state index contributed by atoms with van der Waals surface area (Å²) in [6.07, 6.45) is -0.900. The summed E-state index contributed by atoms with van der Waals surface area (Å²) in [5, 5.41) is 12.0. The van der Waals surface area contributed by atoms with Crippen LogP contribution in [0.3, 0.4) is 0 Å². The van der Waals surface area contributed by atoms with Crippen LogP contribution in [-0.2, 0) is 5.79 Å². The summed E-state index contributed by atoms with van der Waals surface area (Å²) < 4.78 is 20.3. The number of fused-ring (bicyclic) bond motifs is 1. The lowest BCUT2D eigenvalue weighted by molar-refractivity contribution is -0.0460. The third-order valence-electron chi connectivity index (χ3n) is 8.79. The molecule has 0 amide bonds.